The highest BCUT2D eigenvalue weighted by molar-refractivity contribution is 5.91. The smallest absolute Gasteiger partial charge is 0.337 e. The van der Waals surface area contributed by atoms with E-state index in [0.717, 1.165) is 25.0 Å². The van der Waals surface area contributed by atoms with Crippen LogP contribution in [0.15, 0.2) is 24.3 Å². The Balaban J connectivity index is 1.93. The van der Waals surface area contributed by atoms with Gasteiger partial charge in [0.2, 0.25) is 5.95 Å². The highest BCUT2D eigenvalue weighted by Crippen LogP contribution is 2.40. The standard InChI is InChI=1S/C20H26N4O3/c1-5-12(2)21-20-23-15(13-6-7-13)11-18(24-20)22-16-10-14(19(25)27-4)8-9-17(16)26-3/h8-13H,5-7H2,1-4H3,(H2,21,22,23,24)/t12-/m0/s1. The third kappa shape index (κ3) is 4.67. The summed E-state index contributed by atoms with van der Waals surface area (Å²) in [6, 6.07) is 7.34. The molecule has 1 fully saturated rings. The van der Waals surface area contributed by atoms with E-state index in [4.69, 9.17) is 9.47 Å². The molecule has 1 atom stereocenters. The van der Waals surface area contributed by atoms with Gasteiger partial charge in [0, 0.05) is 18.0 Å². The molecule has 1 saturated carbocycles. The number of hydrogen-bond acceptors (Lipinski definition) is 7. The minimum atomic E-state index is -0.402. The minimum absolute atomic E-state index is 0.282. The maximum atomic E-state index is 11.9. The predicted octanol–water partition coefficient (Wildman–Crippen LogP) is 4.10. The molecule has 0 unspecified atom stereocenters. The van der Waals surface area contributed by atoms with Crippen LogP contribution < -0.4 is 15.4 Å². The van der Waals surface area contributed by atoms with Crippen LogP contribution in [-0.4, -0.2) is 36.2 Å². The second-order valence-corrected chi connectivity index (χ2v) is 6.76. The van der Waals surface area contributed by atoms with E-state index in [1.54, 1.807) is 25.3 Å². The zero-order valence-corrected chi connectivity index (χ0v) is 16.2. The normalized spacial score (nSPS) is 14.4. The zero-order valence-electron chi connectivity index (χ0n) is 16.2. The number of aromatic nitrogens is 2. The molecule has 27 heavy (non-hydrogen) atoms. The lowest BCUT2D eigenvalue weighted by atomic mass is 10.2. The van der Waals surface area contributed by atoms with Crippen LogP contribution >= 0.6 is 0 Å². The molecule has 1 aliphatic carbocycles. The van der Waals surface area contributed by atoms with E-state index in [-0.39, 0.29) is 6.04 Å². The molecule has 1 aromatic heterocycles. The highest BCUT2D eigenvalue weighted by Gasteiger charge is 2.26. The fourth-order valence-corrected chi connectivity index (χ4v) is 2.69. The number of anilines is 3. The fourth-order valence-electron chi connectivity index (χ4n) is 2.69. The average molecular weight is 370 g/mol. The van der Waals surface area contributed by atoms with Gasteiger partial charge in [-0.2, -0.15) is 4.98 Å². The third-order valence-electron chi connectivity index (χ3n) is 4.61. The van der Waals surface area contributed by atoms with Crippen molar-refractivity contribution >= 4 is 23.4 Å². The molecular formula is C20H26N4O3. The first-order valence-corrected chi connectivity index (χ1v) is 9.23. The number of methoxy groups -OCH3 is 2. The molecule has 2 N–H and O–H groups in total. The number of nitrogens with one attached hydrogen (secondary N) is 2. The van der Waals surface area contributed by atoms with Gasteiger partial charge >= 0.3 is 5.97 Å². The first-order valence-electron chi connectivity index (χ1n) is 9.23. The van der Waals surface area contributed by atoms with E-state index in [9.17, 15) is 4.79 Å². The number of benzene rings is 1. The van der Waals surface area contributed by atoms with Crippen molar-refractivity contribution in [3.63, 3.8) is 0 Å². The van der Waals surface area contributed by atoms with Crippen LogP contribution in [0.2, 0.25) is 0 Å². The summed E-state index contributed by atoms with van der Waals surface area (Å²) < 4.78 is 10.2. The number of carbonyl (C=O) groups excluding carboxylic acids is 1. The van der Waals surface area contributed by atoms with Crippen LogP contribution in [0.4, 0.5) is 17.5 Å². The molecule has 0 radical (unpaired) electrons. The van der Waals surface area contributed by atoms with Gasteiger partial charge in [-0.15, -0.1) is 0 Å². The molecule has 0 saturated heterocycles. The number of ether oxygens (including phenoxy) is 2. The fraction of sp³-hybridized carbons (Fsp3) is 0.450. The van der Waals surface area contributed by atoms with Crippen molar-refractivity contribution in [1.29, 1.82) is 0 Å². The first kappa shape index (κ1) is 18.9. The quantitative estimate of drug-likeness (QED) is 0.677. The van der Waals surface area contributed by atoms with Gasteiger partial charge in [0.25, 0.3) is 0 Å². The summed E-state index contributed by atoms with van der Waals surface area (Å²) in [5.41, 5.74) is 2.12. The Morgan fingerprint density at radius 2 is 2.04 bits per heavy atom. The van der Waals surface area contributed by atoms with Gasteiger partial charge in [0.15, 0.2) is 0 Å². The molecule has 1 aliphatic rings. The Labute approximate surface area is 159 Å². The Kier molecular flexibility index (Phi) is 5.78. The first-order chi connectivity index (χ1) is 13.0. The van der Waals surface area contributed by atoms with Crippen LogP contribution in [0, 0.1) is 0 Å². The molecular weight excluding hydrogens is 344 g/mol. The summed E-state index contributed by atoms with van der Waals surface area (Å²) in [5.74, 6) is 1.98. The second kappa shape index (κ2) is 8.24. The van der Waals surface area contributed by atoms with E-state index in [2.05, 4.69) is 34.4 Å². The summed E-state index contributed by atoms with van der Waals surface area (Å²) in [6.07, 6.45) is 3.29. The topological polar surface area (TPSA) is 85.4 Å². The minimum Gasteiger partial charge on any atom is -0.495 e. The van der Waals surface area contributed by atoms with Crippen molar-refractivity contribution in [1.82, 2.24) is 9.97 Å². The van der Waals surface area contributed by atoms with Crippen molar-refractivity contribution in [2.45, 2.75) is 45.1 Å². The molecule has 1 aromatic carbocycles. The van der Waals surface area contributed by atoms with E-state index in [0.29, 0.717) is 34.7 Å². The number of carbonyl (C=O) groups is 1. The predicted molar refractivity (Wildman–Crippen MR) is 105 cm³/mol. The van der Waals surface area contributed by atoms with Gasteiger partial charge in [0.05, 0.1) is 31.2 Å². The number of nitrogens with zero attached hydrogens (tertiary/aromatic N) is 2. The molecule has 7 heteroatoms. The van der Waals surface area contributed by atoms with Crippen molar-refractivity contribution < 1.29 is 14.3 Å². The molecule has 0 amide bonds. The van der Waals surface area contributed by atoms with Crippen LogP contribution in [0.5, 0.6) is 5.75 Å². The molecule has 0 spiro atoms. The van der Waals surface area contributed by atoms with Crippen LogP contribution in [0.3, 0.4) is 0 Å². The van der Waals surface area contributed by atoms with E-state index in [1.807, 2.05) is 6.07 Å². The lowest BCUT2D eigenvalue weighted by Gasteiger charge is -2.16. The summed E-state index contributed by atoms with van der Waals surface area (Å²) in [6.45, 7) is 4.22. The van der Waals surface area contributed by atoms with E-state index < -0.39 is 5.97 Å². The van der Waals surface area contributed by atoms with Crippen LogP contribution in [0.1, 0.15) is 55.1 Å². The summed E-state index contributed by atoms with van der Waals surface area (Å²) >= 11 is 0. The van der Waals surface area contributed by atoms with Gasteiger partial charge in [-0.3, -0.25) is 0 Å². The molecule has 3 rings (SSSR count). The van der Waals surface area contributed by atoms with Gasteiger partial charge in [-0.25, -0.2) is 9.78 Å². The van der Waals surface area contributed by atoms with Gasteiger partial charge in [0.1, 0.15) is 11.6 Å². The van der Waals surface area contributed by atoms with Crippen molar-refractivity contribution in [3.05, 3.63) is 35.5 Å². The van der Waals surface area contributed by atoms with Gasteiger partial charge in [-0.05, 0) is 44.4 Å². The SMILES string of the molecule is CC[C@H](C)Nc1nc(Nc2cc(C(=O)OC)ccc2OC)cc(C2CC2)n1. The van der Waals surface area contributed by atoms with E-state index in [1.165, 1.54) is 7.11 Å². The summed E-state index contributed by atoms with van der Waals surface area (Å²) in [4.78, 5) is 21.1. The van der Waals surface area contributed by atoms with Crippen molar-refractivity contribution in [2.24, 2.45) is 0 Å². The van der Waals surface area contributed by atoms with Crippen molar-refractivity contribution in [3.8, 4) is 5.75 Å². The maximum absolute atomic E-state index is 11.9. The lowest BCUT2D eigenvalue weighted by molar-refractivity contribution is 0.0600. The second-order valence-electron chi connectivity index (χ2n) is 6.76. The van der Waals surface area contributed by atoms with Gasteiger partial charge in [-0.1, -0.05) is 6.92 Å². The molecule has 144 valence electrons. The third-order valence-corrected chi connectivity index (χ3v) is 4.61. The summed E-state index contributed by atoms with van der Waals surface area (Å²) in [7, 11) is 2.95. The van der Waals surface area contributed by atoms with Crippen molar-refractivity contribution in [2.75, 3.05) is 24.9 Å². The van der Waals surface area contributed by atoms with E-state index >= 15 is 0 Å². The maximum Gasteiger partial charge on any atom is 0.337 e. The number of rotatable bonds is 8. The molecule has 7 nitrogen and oxygen atoms in total. The molecule has 2 aromatic rings. The molecule has 0 bridgehead atoms. The van der Waals surface area contributed by atoms with Crippen LogP contribution in [0.25, 0.3) is 0 Å². The number of esters is 1. The Morgan fingerprint density at radius 1 is 1.26 bits per heavy atom. The van der Waals surface area contributed by atoms with Gasteiger partial charge < -0.3 is 20.1 Å². The zero-order chi connectivity index (χ0) is 19.4. The monoisotopic (exact) mass is 370 g/mol. The average Bonchev–Trinajstić information content (AvgIpc) is 3.52. The number of hydrogen-bond donors (Lipinski definition) is 2. The Bertz CT molecular complexity index is 821. The molecule has 1 heterocycles. The molecule has 0 aliphatic heterocycles. The highest BCUT2D eigenvalue weighted by atomic mass is 16.5. The lowest BCUT2D eigenvalue weighted by Crippen LogP contribution is -2.16. The Hall–Kier alpha value is -2.83. The Morgan fingerprint density at radius 3 is 2.67 bits per heavy atom. The summed E-state index contributed by atoms with van der Waals surface area (Å²) in [5, 5.41) is 6.61. The largest absolute Gasteiger partial charge is 0.495 e. The van der Waals surface area contributed by atoms with Crippen LogP contribution in [-0.2, 0) is 4.74 Å².